The molecule has 0 bridgehead atoms. The van der Waals surface area contributed by atoms with E-state index in [0.29, 0.717) is 31.1 Å². The molecule has 29 heavy (non-hydrogen) atoms. The zero-order valence-electron chi connectivity index (χ0n) is 16.5. The molecule has 7 nitrogen and oxygen atoms in total. The Morgan fingerprint density at radius 2 is 1.72 bits per heavy atom. The van der Waals surface area contributed by atoms with Crippen molar-refractivity contribution < 1.29 is 8.42 Å². The van der Waals surface area contributed by atoms with Crippen molar-refractivity contribution in [3.8, 4) is 11.3 Å². The molecule has 150 valence electrons. The van der Waals surface area contributed by atoms with Crippen LogP contribution in [0, 0.1) is 13.8 Å². The van der Waals surface area contributed by atoms with E-state index >= 15 is 0 Å². The first-order chi connectivity index (χ1) is 13.9. The minimum Gasteiger partial charge on any atom is -0.352 e. The molecule has 3 aromatic rings. The first-order valence-corrected chi connectivity index (χ1v) is 11.0. The van der Waals surface area contributed by atoms with Crippen LogP contribution in [-0.4, -0.2) is 54.1 Å². The lowest BCUT2D eigenvalue weighted by Crippen LogP contribution is -2.49. The Morgan fingerprint density at radius 1 is 0.931 bits per heavy atom. The van der Waals surface area contributed by atoms with Crippen LogP contribution in [-0.2, 0) is 10.0 Å². The van der Waals surface area contributed by atoms with Gasteiger partial charge in [-0.3, -0.25) is 4.98 Å². The van der Waals surface area contributed by atoms with Gasteiger partial charge in [0.15, 0.2) is 5.82 Å². The lowest BCUT2D eigenvalue weighted by molar-refractivity contribution is 0.383. The van der Waals surface area contributed by atoms with Gasteiger partial charge in [0.25, 0.3) is 0 Å². The summed E-state index contributed by atoms with van der Waals surface area (Å²) in [6.45, 7) is 5.73. The summed E-state index contributed by atoms with van der Waals surface area (Å²) in [4.78, 5) is 6.56. The van der Waals surface area contributed by atoms with Crippen molar-refractivity contribution in [2.24, 2.45) is 0 Å². The molecular weight excluding hydrogens is 386 g/mol. The van der Waals surface area contributed by atoms with Gasteiger partial charge < -0.3 is 4.90 Å². The number of benzene rings is 1. The summed E-state index contributed by atoms with van der Waals surface area (Å²) < 4.78 is 27.7. The molecule has 3 heterocycles. The van der Waals surface area contributed by atoms with Gasteiger partial charge in [-0.15, -0.1) is 10.2 Å². The number of piperazine rings is 1. The Morgan fingerprint density at radius 3 is 2.38 bits per heavy atom. The van der Waals surface area contributed by atoms with E-state index in [1.54, 1.807) is 22.8 Å². The average molecular weight is 410 g/mol. The molecule has 0 spiro atoms. The molecule has 0 aliphatic carbocycles. The van der Waals surface area contributed by atoms with E-state index < -0.39 is 10.0 Å². The molecule has 0 unspecified atom stereocenters. The molecule has 0 saturated carbocycles. The highest BCUT2D eigenvalue weighted by Crippen LogP contribution is 2.24. The Balaban J connectivity index is 1.46. The van der Waals surface area contributed by atoms with E-state index in [9.17, 15) is 8.42 Å². The molecule has 1 aromatic carbocycles. The van der Waals surface area contributed by atoms with Crippen molar-refractivity contribution in [3.05, 3.63) is 66.0 Å². The number of sulfonamides is 1. The molecule has 1 saturated heterocycles. The molecule has 2 aromatic heterocycles. The molecule has 1 fully saturated rings. The fourth-order valence-electron chi connectivity index (χ4n) is 3.44. The lowest BCUT2D eigenvalue weighted by atomic mass is 10.2. The molecule has 4 rings (SSSR count). The van der Waals surface area contributed by atoms with Crippen LogP contribution < -0.4 is 4.90 Å². The Hall–Kier alpha value is -2.84. The molecule has 0 atom stereocenters. The molecular formula is C21H23N5O2S. The van der Waals surface area contributed by atoms with Crippen LogP contribution in [0.2, 0.25) is 0 Å². The monoisotopic (exact) mass is 409 g/mol. The van der Waals surface area contributed by atoms with E-state index in [-0.39, 0.29) is 0 Å². The third kappa shape index (κ3) is 3.99. The second-order valence-electron chi connectivity index (χ2n) is 7.18. The van der Waals surface area contributed by atoms with Gasteiger partial charge in [0.05, 0.1) is 10.6 Å². The van der Waals surface area contributed by atoms with Gasteiger partial charge in [-0.1, -0.05) is 12.1 Å². The van der Waals surface area contributed by atoms with Gasteiger partial charge in [-0.05, 0) is 55.3 Å². The molecule has 0 radical (unpaired) electrons. The highest BCUT2D eigenvalue weighted by molar-refractivity contribution is 7.89. The van der Waals surface area contributed by atoms with Crippen molar-refractivity contribution >= 4 is 15.8 Å². The van der Waals surface area contributed by atoms with Crippen molar-refractivity contribution in [2.75, 3.05) is 31.1 Å². The summed E-state index contributed by atoms with van der Waals surface area (Å²) in [6, 6.07) is 13.2. The number of hydrogen-bond donors (Lipinski definition) is 0. The van der Waals surface area contributed by atoms with Gasteiger partial charge in [-0.25, -0.2) is 8.42 Å². The van der Waals surface area contributed by atoms with E-state index in [1.165, 1.54) is 0 Å². The SMILES string of the molecule is Cc1ccc(C)c(S(=O)(=O)N2CCN(c3ccc(-c4cccnc4)nn3)CC2)c1. The van der Waals surface area contributed by atoms with Gasteiger partial charge in [-0.2, -0.15) is 4.31 Å². The molecule has 0 N–H and O–H groups in total. The van der Waals surface area contributed by atoms with Crippen molar-refractivity contribution in [1.82, 2.24) is 19.5 Å². The van der Waals surface area contributed by atoms with Crippen LogP contribution in [0.4, 0.5) is 5.82 Å². The highest BCUT2D eigenvalue weighted by Gasteiger charge is 2.30. The molecule has 0 amide bonds. The predicted octanol–water partition coefficient (Wildman–Crippen LogP) is 2.67. The first kappa shape index (κ1) is 19.5. The topological polar surface area (TPSA) is 79.3 Å². The minimum atomic E-state index is -3.50. The number of aryl methyl sites for hydroxylation is 2. The second kappa shape index (κ2) is 7.88. The molecule has 1 aliphatic rings. The van der Waals surface area contributed by atoms with E-state index in [0.717, 1.165) is 28.2 Å². The second-order valence-corrected chi connectivity index (χ2v) is 9.08. The minimum absolute atomic E-state index is 0.395. The Kier molecular flexibility index (Phi) is 5.29. The van der Waals surface area contributed by atoms with E-state index in [1.807, 2.05) is 50.2 Å². The maximum atomic E-state index is 13.1. The van der Waals surface area contributed by atoms with Gasteiger partial charge >= 0.3 is 0 Å². The van der Waals surface area contributed by atoms with Crippen LogP contribution in [0.3, 0.4) is 0 Å². The lowest BCUT2D eigenvalue weighted by Gasteiger charge is -2.34. The zero-order valence-corrected chi connectivity index (χ0v) is 17.3. The summed E-state index contributed by atoms with van der Waals surface area (Å²) >= 11 is 0. The number of nitrogens with zero attached hydrogens (tertiary/aromatic N) is 5. The summed E-state index contributed by atoms with van der Waals surface area (Å²) in [7, 11) is -3.50. The summed E-state index contributed by atoms with van der Waals surface area (Å²) in [5.41, 5.74) is 3.39. The van der Waals surface area contributed by atoms with Crippen LogP contribution in [0.5, 0.6) is 0 Å². The largest absolute Gasteiger partial charge is 0.352 e. The predicted molar refractivity (Wildman–Crippen MR) is 112 cm³/mol. The van der Waals surface area contributed by atoms with Crippen molar-refractivity contribution in [2.45, 2.75) is 18.7 Å². The normalized spacial score (nSPS) is 15.4. The van der Waals surface area contributed by atoms with Gasteiger partial charge in [0.2, 0.25) is 10.0 Å². The smallest absolute Gasteiger partial charge is 0.243 e. The fraction of sp³-hybridized carbons (Fsp3) is 0.286. The van der Waals surface area contributed by atoms with Gasteiger partial charge in [0, 0.05) is 44.1 Å². The third-order valence-electron chi connectivity index (χ3n) is 5.13. The van der Waals surface area contributed by atoms with Crippen LogP contribution in [0.15, 0.2) is 59.8 Å². The van der Waals surface area contributed by atoms with Crippen molar-refractivity contribution in [3.63, 3.8) is 0 Å². The number of anilines is 1. The van der Waals surface area contributed by atoms with E-state index in [4.69, 9.17) is 0 Å². The first-order valence-electron chi connectivity index (χ1n) is 9.51. The average Bonchev–Trinajstić information content (AvgIpc) is 2.76. The van der Waals surface area contributed by atoms with Crippen LogP contribution in [0.25, 0.3) is 11.3 Å². The number of rotatable bonds is 4. The Labute approximate surface area is 171 Å². The van der Waals surface area contributed by atoms with Crippen LogP contribution in [0.1, 0.15) is 11.1 Å². The van der Waals surface area contributed by atoms with E-state index in [2.05, 4.69) is 20.1 Å². The van der Waals surface area contributed by atoms with Crippen LogP contribution >= 0.6 is 0 Å². The van der Waals surface area contributed by atoms with Gasteiger partial charge in [0.1, 0.15) is 0 Å². The summed E-state index contributed by atoms with van der Waals surface area (Å²) in [5.74, 6) is 0.751. The Bertz CT molecular complexity index is 1090. The maximum Gasteiger partial charge on any atom is 0.243 e. The molecule has 8 heteroatoms. The number of hydrogen-bond acceptors (Lipinski definition) is 6. The van der Waals surface area contributed by atoms with Crippen molar-refractivity contribution in [1.29, 1.82) is 0 Å². The number of pyridine rings is 1. The standard InChI is InChI=1S/C21H23N5O2S/c1-16-5-6-17(2)20(14-16)29(27,28)26-12-10-25(11-13-26)21-8-7-19(23-24-21)18-4-3-9-22-15-18/h3-9,14-15H,10-13H2,1-2H3. The summed E-state index contributed by atoms with van der Waals surface area (Å²) in [5, 5.41) is 8.63. The maximum absolute atomic E-state index is 13.1. The third-order valence-corrected chi connectivity index (χ3v) is 7.17. The molecule has 1 aliphatic heterocycles. The zero-order chi connectivity index (χ0) is 20.4. The number of aromatic nitrogens is 3. The fourth-order valence-corrected chi connectivity index (χ4v) is 5.18. The highest BCUT2D eigenvalue weighted by atomic mass is 32.2. The quantitative estimate of drug-likeness (QED) is 0.659. The summed E-state index contributed by atoms with van der Waals surface area (Å²) in [6.07, 6.45) is 3.47.